The Bertz CT molecular complexity index is 458. The van der Waals surface area contributed by atoms with Gasteiger partial charge in [0.05, 0.1) is 13.2 Å². The summed E-state index contributed by atoms with van der Waals surface area (Å²) >= 11 is 5.33. The van der Waals surface area contributed by atoms with Gasteiger partial charge in [-0.15, -0.1) is 0 Å². The van der Waals surface area contributed by atoms with Crippen molar-refractivity contribution in [1.29, 1.82) is 0 Å². The van der Waals surface area contributed by atoms with E-state index >= 15 is 0 Å². The molecule has 19 heavy (non-hydrogen) atoms. The Labute approximate surface area is 120 Å². The van der Waals surface area contributed by atoms with Crippen molar-refractivity contribution < 1.29 is 13.6 Å². The van der Waals surface area contributed by atoms with Crippen LogP contribution in [-0.4, -0.2) is 23.2 Å². The molecule has 108 valence electrons. The zero-order valence-corrected chi connectivity index (χ0v) is 13.8. The zero-order valence-electron chi connectivity index (χ0n) is 12.0. The predicted molar refractivity (Wildman–Crippen MR) is 79.0 cm³/mol. The fraction of sp³-hybridized carbons (Fsp3) is 0.667. The van der Waals surface area contributed by atoms with Gasteiger partial charge in [0, 0.05) is 29.5 Å². The molecule has 7 heteroatoms. The Morgan fingerprint density at radius 3 is 2.32 bits per heavy atom. The second-order valence-electron chi connectivity index (χ2n) is 4.25. The average Bonchev–Trinajstić information content (AvgIpc) is 2.32. The Morgan fingerprint density at radius 2 is 1.84 bits per heavy atom. The number of aryl methyl sites for hydroxylation is 1. The Balaban J connectivity index is 3.01. The van der Waals surface area contributed by atoms with E-state index in [9.17, 15) is 0 Å². The van der Waals surface area contributed by atoms with E-state index in [0.717, 1.165) is 11.4 Å². The van der Waals surface area contributed by atoms with Crippen LogP contribution in [0.15, 0.2) is 6.20 Å². The summed E-state index contributed by atoms with van der Waals surface area (Å²) in [5, 5.41) is 0. The van der Waals surface area contributed by atoms with Crippen LogP contribution in [-0.2, 0) is 20.9 Å². The van der Waals surface area contributed by atoms with Gasteiger partial charge in [-0.1, -0.05) is 13.8 Å². The standard InChI is InChI=1S/C12H21N2O3PS/c1-6-15-18(19,16-7-2)17-12-10(5)8-13-11(14-12)9(3)4/h8-9H,6-7H2,1-5H3. The molecule has 0 aliphatic rings. The first-order valence-electron chi connectivity index (χ1n) is 6.34. The van der Waals surface area contributed by atoms with Crippen molar-refractivity contribution in [1.82, 2.24) is 9.97 Å². The van der Waals surface area contributed by atoms with Gasteiger partial charge in [-0.25, -0.2) is 4.98 Å². The lowest BCUT2D eigenvalue weighted by Crippen LogP contribution is -2.06. The van der Waals surface area contributed by atoms with Crippen LogP contribution in [0.5, 0.6) is 5.88 Å². The summed E-state index contributed by atoms with van der Waals surface area (Å²) in [6.07, 6.45) is 1.73. The van der Waals surface area contributed by atoms with Crippen molar-refractivity contribution in [2.24, 2.45) is 0 Å². The first-order valence-corrected chi connectivity index (χ1v) is 8.89. The molecule has 1 rings (SSSR count). The minimum absolute atomic E-state index is 0.222. The summed E-state index contributed by atoms with van der Waals surface area (Å²) in [4.78, 5) is 8.66. The van der Waals surface area contributed by atoms with Crippen LogP contribution in [0.3, 0.4) is 0 Å². The lowest BCUT2D eigenvalue weighted by molar-refractivity contribution is 0.215. The maximum atomic E-state index is 5.73. The molecule has 1 aromatic rings. The molecular weight excluding hydrogens is 283 g/mol. The quantitative estimate of drug-likeness (QED) is 0.718. The summed E-state index contributed by atoms with van der Waals surface area (Å²) in [5.74, 6) is 1.39. The van der Waals surface area contributed by atoms with Gasteiger partial charge in [0.25, 0.3) is 0 Å². The number of nitrogens with zero attached hydrogens (tertiary/aromatic N) is 2. The van der Waals surface area contributed by atoms with Crippen LogP contribution in [0.4, 0.5) is 0 Å². The predicted octanol–water partition coefficient (Wildman–Crippen LogP) is 3.58. The maximum Gasteiger partial charge on any atom is 0.381 e. The van der Waals surface area contributed by atoms with Crippen molar-refractivity contribution in [2.75, 3.05) is 13.2 Å². The second-order valence-corrected chi connectivity index (χ2v) is 7.18. The molecule has 0 bridgehead atoms. The lowest BCUT2D eigenvalue weighted by Gasteiger charge is -2.21. The van der Waals surface area contributed by atoms with Crippen molar-refractivity contribution in [2.45, 2.75) is 40.5 Å². The van der Waals surface area contributed by atoms with Crippen LogP contribution in [0.1, 0.15) is 45.0 Å². The summed E-state index contributed by atoms with van der Waals surface area (Å²) in [6.45, 7) is 7.74. The fourth-order valence-corrected chi connectivity index (χ4v) is 3.38. The van der Waals surface area contributed by atoms with Crippen LogP contribution in [0.25, 0.3) is 0 Å². The van der Waals surface area contributed by atoms with E-state index in [4.69, 9.17) is 25.4 Å². The van der Waals surface area contributed by atoms with Gasteiger partial charge in [-0.2, -0.15) is 4.98 Å². The molecule has 0 saturated heterocycles. The third-order valence-electron chi connectivity index (χ3n) is 2.23. The molecule has 0 N–H and O–H groups in total. The summed E-state index contributed by atoms with van der Waals surface area (Å²) in [6, 6.07) is 0. The highest BCUT2D eigenvalue weighted by Gasteiger charge is 2.23. The van der Waals surface area contributed by atoms with Crippen LogP contribution >= 0.6 is 6.72 Å². The second kappa shape index (κ2) is 7.29. The van der Waals surface area contributed by atoms with Gasteiger partial charge in [-0.05, 0) is 20.8 Å². The fourth-order valence-electron chi connectivity index (χ4n) is 1.32. The molecule has 0 saturated carbocycles. The first-order chi connectivity index (χ1) is 8.91. The van der Waals surface area contributed by atoms with Gasteiger partial charge in [0.15, 0.2) is 0 Å². The van der Waals surface area contributed by atoms with Crippen molar-refractivity contribution >= 4 is 18.5 Å². The molecule has 0 amide bonds. The highest BCUT2D eigenvalue weighted by Crippen LogP contribution is 2.49. The maximum absolute atomic E-state index is 5.73. The van der Waals surface area contributed by atoms with Gasteiger partial charge >= 0.3 is 6.72 Å². The van der Waals surface area contributed by atoms with E-state index in [1.807, 2.05) is 34.6 Å². The van der Waals surface area contributed by atoms with Gasteiger partial charge < -0.3 is 4.52 Å². The Morgan fingerprint density at radius 1 is 1.26 bits per heavy atom. The minimum atomic E-state index is -2.78. The summed E-state index contributed by atoms with van der Waals surface area (Å²) in [7, 11) is 0. The summed E-state index contributed by atoms with van der Waals surface area (Å²) < 4.78 is 16.6. The number of hydrogen-bond donors (Lipinski definition) is 0. The number of hydrogen-bond acceptors (Lipinski definition) is 6. The van der Waals surface area contributed by atoms with E-state index < -0.39 is 6.72 Å². The van der Waals surface area contributed by atoms with Gasteiger partial charge in [0.2, 0.25) is 5.88 Å². The van der Waals surface area contributed by atoms with E-state index in [-0.39, 0.29) is 5.92 Å². The Kier molecular flexibility index (Phi) is 6.33. The number of rotatable bonds is 7. The topological polar surface area (TPSA) is 53.5 Å². The molecule has 0 fully saturated rings. The molecule has 0 spiro atoms. The Hall–Kier alpha value is -0.550. The third-order valence-corrected chi connectivity index (χ3v) is 4.63. The van der Waals surface area contributed by atoms with Crippen molar-refractivity contribution in [3.8, 4) is 5.88 Å². The molecule has 1 aromatic heterocycles. The van der Waals surface area contributed by atoms with Gasteiger partial charge in [0.1, 0.15) is 5.82 Å². The highest BCUT2D eigenvalue weighted by atomic mass is 32.5. The smallest absolute Gasteiger partial charge is 0.381 e. The van der Waals surface area contributed by atoms with Crippen LogP contribution in [0, 0.1) is 6.92 Å². The number of aromatic nitrogens is 2. The third kappa shape index (κ3) is 4.80. The molecule has 0 aliphatic heterocycles. The average molecular weight is 304 g/mol. The van der Waals surface area contributed by atoms with Crippen LogP contribution < -0.4 is 4.52 Å². The molecule has 0 radical (unpaired) electrons. The zero-order chi connectivity index (χ0) is 14.5. The van der Waals surface area contributed by atoms with Gasteiger partial charge in [-0.3, -0.25) is 9.05 Å². The molecule has 0 aliphatic carbocycles. The molecular formula is C12H21N2O3PS. The van der Waals surface area contributed by atoms with E-state index in [1.54, 1.807) is 6.20 Å². The molecule has 0 aromatic carbocycles. The molecule has 1 heterocycles. The lowest BCUT2D eigenvalue weighted by atomic mass is 10.2. The van der Waals surface area contributed by atoms with Crippen molar-refractivity contribution in [3.63, 3.8) is 0 Å². The minimum Gasteiger partial charge on any atom is -0.405 e. The van der Waals surface area contributed by atoms with E-state index in [0.29, 0.717) is 19.1 Å². The normalized spacial score (nSPS) is 11.9. The van der Waals surface area contributed by atoms with Crippen molar-refractivity contribution in [3.05, 3.63) is 17.6 Å². The first kappa shape index (κ1) is 16.5. The molecule has 5 nitrogen and oxygen atoms in total. The SMILES string of the molecule is CCOP(=S)(OCC)Oc1nc(C(C)C)ncc1C. The van der Waals surface area contributed by atoms with Crippen LogP contribution in [0.2, 0.25) is 0 Å². The largest absolute Gasteiger partial charge is 0.405 e. The van der Waals surface area contributed by atoms with E-state index in [2.05, 4.69) is 9.97 Å². The van der Waals surface area contributed by atoms with E-state index in [1.165, 1.54) is 0 Å². The highest BCUT2D eigenvalue weighted by molar-refractivity contribution is 8.07. The molecule has 0 unspecified atom stereocenters. The summed E-state index contributed by atoms with van der Waals surface area (Å²) in [5.41, 5.74) is 0.818. The monoisotopic (exact) mass is 304 g/mol. The molecule has 0 atom stereocenters.